The van der Waals surface area contributed by atoms with E-state index in [1.807, 2.05) is 4.90 Å². The van der Waals surface area contributed by atoms with Crippen molar-refractivity contribution in [3.8, 4) is 0 Å². The Hall–Kier alpha value is -2.63. The molecule has 27 heavy (non-hydrogen) atoms. The fraction of sp³-hybridized carbons (Fsp3) is 0.476. The minimum absolute atomic E-state index is 0.164. The second kappa shape index (κ2) is 7.55. The number of piperidine rings is 1. The topological polar surface area (TPSA) is 75.4 Å². The van der Waals surface area contributed by atoms with Crippen molar-refractivity contribution in [3.63, 3.8) is 0 Å². The number of hydrogen-bond acceptors (Lipinski definition) is 3. The van der Waals surface area contributed by atoms with Crippen LogP contribution < -0.4 is 0 Å². The number of carbonyl (C=O) groups is 2. The Kier molecular flexibility index (Phi) is 4.97. The van der Waals surface area contributed by atoms with Crippen molar-refractivity contribution in [1.82, 2.24) is 14.7 Å². The molecule has 2 heterocycles. The van der Waals surface area contributed by atoms with Crippen molar-refractivity contribution in [2.24, 2.45) is 0 Å². The van der Waals surface area contributed by atoms with Crippen LogP contribution in [0.2, 0.25) is 0 Å². The van der Waals surface area contributed by atoms with Crippen LogP contribution in [-0.2, 0) is 11.2 Å². The predicted octanol–water partition coefficient (Wildman–Crippen LogP) is 3.26. The lowest BCUT2D eigenvalue weighted by atomic mass is 9.81. The van der Waals surface area contributed by atoms with Gasteiger partial charge in [-0.25, -0.2) is 4.79 Å². The molecule has 1 fully saturated rings. The zero-order valence-electron chi connectivity index (χ0n) is 15.4. The number of likely N-dealkylation sites (tertiary alicyclic amines) is 1. The number of aromatic nitrogens is 2. The number of fused-ring (bicyclic) bond motifs is 1. The van der Waals surface area contributed by atoms with Gasteiger partial charge in [0.1, 0.15) is 0 Å². The Morgan fingerprint density at radius 2 is 1.93 bits per heavy atom. The number of aryl methyl sites for hydroxylation is 1. The van der Waals surface area contributed by atoms with E-state index in [1.165, 1.54) is 17.3 Å². The number of carboxylic acid groups (broad SMARTS) is 1. The summed E-state index contributed by atoms with van der Waals surface area (Å²) in [5.74, 6) is -0.382. The van der Waals surface area contributed by atoms with E-state index in [1.54, 1.807) is 10.9 Å². The first kappa shape index (κ1) is 17.8. The molecule has 0 saturated carbocycles. The highest BCUT2D eigenvalue weighted by Gasteiger charge is 2.28. The zero-order valence-corrected chi connectivity index (χ0v) is 15.4. The van der Waals surface area contributed by atoms with Gasteiger partial charge in [0.2, 0.25) is 5.91 Å². The van der Waals surface area contributed by atoms with Crippen molar-refractivity contribution in [3.05, 3.63) is 53.3 Å². The number of rotatable bonds is 4. The number of hydrogen-bond donors (Lipinski definition) is 1. The first-order valence-corrected chi connectivity index (χ1v) is 9.75. The standard InChI is InChI=1S/C21H25N3O3/c25-20(12-16-6-3-5-15-4-1-2-7-19(15)16)23-10-8-18(9-11-23)24-14-17(13-22-24)21(26)27/h1-2,4,7,13-14,16,18H,3,5-6,8-12H2,(H,26,27). The van der Waals surface area contributed by atoms with Crippen molar-refractivity contribution in [2.75, 3.05) is 13.1 Å². The highest BCUT2D eigenvalue weighted by Crippen LogP contribution is 2.34. The molecule has 1 saturated heterocycles. The molecule has 1 aromatic heterocycles. The third-order valence-corrected chi connectivity index (χ3v) is 5.95. The monoisotopic (exact) mass is 367 g/mol. The minimum Gasteiger partial charge on any atom is -0.478 e. The summed E-state index contributed by atoms with van der Waals surface area (Å²) in [5.41, 5.74) is 2.96. The van der Waals surface area contributed by atoms with Crippen molar-refractivity contribution in [2.45, 2.75) is 50.5 Å². The van der Waals surface area contributed by atoms with E-state index in [2.05, 4.69) is 29.4 Å². The summed E-state index contributed by atoms with van der Waals surface area (Å²) in [5, 5.41) is 13.2. The molecule has 4 rings (SSSR count). The predicted molar refractivity (Wildman–Crippen MR) is 101 cm³/mol. The number of benzene rings is 1. The molecule has 1 aliphatic carbocycles. The average molecular weight is 367 g/mol. The molecule has 0 bridgehead atoms. The summed E-state index contributed by atoms with van der Waals surface area (Å²) in [7, 11) is 0. The molecule has 0 spiro atoms. The molecule has 2 aromatic rings. The van der Waals surface area contributed by atoms with Crippen LogP contribution in [0.1, 0.15) is 65.5 Å². The van der Waals surface area contributed by atoms with Gasteiger partial charge in [0.25, 0.3) is 0 Å². The molecule has 0 radical (unpaired) electrons. The first-order valence-electron chi connectivity index (χ1n) is 9.75. The molecule has 6 nitrogen and oxygen atoms in total. The van der Waals surface area contributed by atoms with Gasteiger partial charge in [0.05, 0.1) is 17.8 Å². The average Bonchev–Trinajstić information content (AvgIpc) is 3.19. The Labute approximate surface area is 158 Å². The molecular weight excluding hydrogens is 342 g/mol. The van der Waals surface area contributed by atoms with Crippen LogP contribution in [0.3, 0.4) is 0 Å². The normalized spacial score (nSPS) is 20.3. The molecule has 1 aromatic carbocycles. The number of aromatic carboxylic acids is 1. The molecule has 1 amide bonds. The fourth-order valence-electron chi connectivity index (χ4n) is 4.43. The summed E-state index contributed by atoms with van der Waals surface area (Å²) in [6.45, 7) is 1.42. The van der Waals surface area contributed by atoms with Crippen LogP contribution in [0.5, 0.6) is 0 Å². The van der Waals surface area contributed by atoms with Gasteiger partial charge in [-0.05, 0) is 49.1 Å². The molecule has 1 unspecified atom stereocenters. The lowest BCUT2D eigenvalue weighted by Crippen LogP contribution is -2.39. The van der Waals surface area contributed by atoms with E-state index in [-0.39, 0.29) is 17.5 Å². The number of carboxylic acids is 1. The second-order valence-electron chi connectivity index (χ2n) is 7.62. The van der Waals surface area contributed by atoms with E-state index in [4.69, 9.17) is 5.11 Å². The van der Waals surface area contributed by atoms with E-state index < -0.39 is 5.97 Å². The van der Waals surface area contributed by atoms with Gasteiger partial charge in [0.15, 0.2) is 0 Å². The Morgan fingerprint density at radius 1 is 1.15 bits per heavy atom. The molecule has 142 valence electrons. The van der Waals surface area contributed by atoms with Crippen LogP contribution in [0.4, 0.5) is 0 Å². The van der Waals surface area contributed by atoms with Gasteiger partial charge < -0.3 is 10.0 Å². The number of carbonyl (C=O) groups excluding carboxylic acids is 1. The fourth-order valence-corrected chi connectivity index (χ4v) is 4.43. The molecule has 1 aliphatic heterocycles. The first-order chi connectivity index (χ1) is 13.1. The third-order valence-electron chi connectivity index (χ3n) is 5.95. The summed E-state index contributed by atoms with van der Waals surface area (Å²) in [6.07, 6.45) is 8.55. The quantitative estimate of drug-likeness (QED) is 0.900. The molecule has 1 atom stereocenters. The molecule has 1 N–H and O–H groups in total. The largest absolute Gasteiger partial charge is 0.478 e. The van der Waals surface area contributed by atoms with Crippen molar-refractivity contribution >= 4 is 11.9 Å². The number of amides is 1. The lowest BCUT2D eigenvalue weighted by Gasteiger charge is -2.34. The zero-order chi connectivity index (χ0) is 18.8. The Morgan fingerprint density at radius 3 is 2.67 bits per heavy atom. The van der Waals surface area contributed by atoms with Crippen LogP contribution in [0.25, 0.3) is 0 Å². The van der Waals surface area contributed by atoms with E-state index in [9.17, 15) is 9.59 Å². The molecular formula is C21H25N3O3. The van der Waals surface area contributed by atoms with Gasteiger partial charge >= 0.3 is 5.97 Å². The van der Waals surface area contributed by atoms with Gasteiger partial charge in [-0.1, -0.05) is 24.3 Å². The highest BCUT2D eigenvalue weighted by atomic mass is 16.4. The van der Waals surface area contributed by atoms with E-state index in [0.29, 0.717) is 25.4 Å². The summed E-state index contributed by atoms with van der Waals surface area (Å²) in [6, 6.07) is 8.68. The smallest absolute Gasteiger partial charge is 0.338 e. The van der Waals surface area contributed by atoms with Gasteiger partial charge in [0, 0.05) is 25.7 Å². The van der Waals surface area contributed by atoms with E-state index in [0.717, 1.165) is 32.1 Å². The van der Waals surface area contributed by atoms with Crippen LogP contribution >= 0.6 is 0 Å². The maximum Gasteiger partial charge on any atom is 0.338 e. The molecule has 2 aliphatic rings. The Bertz CT molecular complexity index is 837. The van der Waals surface area contributed by atoms with Gasteiger partial charge in [-0.3, -0.25) is 9.48 Å². The maximum absolute atomic E-state index is 12.8. The van der Waals surface area contributed by atoms with Gasteiger partial charge in [-0.15, -0.1) is 0 Å². The number of nitrogens with zero attached hydrogens (tertiary/aromatic N) is 3. The summed E-state index contributed by atoms with van der Waals surface area (Å²) < 4.78 is 1.74. The van der Waals surface area contributed by atoms with Gasteiger partial charge in [-0.2, -0.15) is 5.10 Å². The Balaban J connectivity index is 1.34. The maximum atomic E-state index is 12.8. The summed E-state index contributed by atoms with van der Waals surface area (Å²) >= 11 is 0. The van der Waals surface area contributed by atoms with E-state index >= 15 is 0 Å². The highest BCUT2D eigenvalue weighted by molar-refractivity contribution is 5.86. The molecule has 6 heteroatoms. The lowest BCUT2D eigenvalue weighted by molar-refractivity contribution is -0.133. The van der Waals surface area contributed by atoms with Crippen LogP contribution in [0.15, 0.2) is 36.7 Å². The SMILES string of the molecule is O=C(O)c1cnn(C2CCN(C(=O)CC3CCCc4ccccc43)CC2)c1. The summed E-state index contributed by atoms with van der Waals surface area (Å²) in [4.78, 5) is 25.8. The van der Waals surface area contributed by atoms with Crippen LogP contribution in [0, 0.1) is 0 Å². The minimum atomic E-state index is -0.957. The van der Waals surface area contributed by atoms with Crippen molar-refractivity contribution < 1.29 is 14.7 Å². The third kappa shape index (κ3) is 3.75. The second-order valence-corrected chi connectivity index (χ2v) is 7.62. The van der Waals surface area contributed by atoms with Crippen molar-refractivity contribution in [1.29, 1.82) is 0 Å². The van der Waals surface area contributed by atoms with Crippen LogP contribution in [-0.4, -0.2) is 44.8 Å².